The molecular weight excluding hydrogens is 239 g/mol. The van der Waals surface area contributed by atoms with E-state index in [9.17, 15) is 0 Å². The summed E-state index contributed by atoms with van der Waals surface area (Å²) in [5.41, 5.74) is 3.83. The second-order valence-corrected chi connectivity index (χ2v) is 5.20. The molecule has 2 heteroatoms. The summed E-state index contributed by atoms with van der Waals surface area (Å²) >= 11 is 11.8. The molecule has 0 aliphatic heterocycles. The summed E-state index contributed by atoms with van der Waals surface area (Å²) in [6, 6.07) is 7.99. The summed E-state index contributed by atoms with van der Waals surface area (Å²) in [4.78, 5) is 0. The van der Waals surface area contributed by atoms with Gasteiger partial charge in [0.2, 0.25) is 0 Å². The molecule has 88 valence electrons. The quantitative estimate of drug-likeness (QED) is 0.633. The number of benzene rings is 1. The Bertz CT molecular complexity index is 361. The average molecular weight is 257 g/mol. The molecule has 0 amide bonds. The SMILES string of the molecule is C/C(CCl)=C(\CC(C)C)c1ccc(Cl)cc1. The second-order valence-electron chi connectivity index (χ2n) is 4.50. The number of halogens is 2. The van der Waals surface area contributed by atoms with Gasteiger partial charge in [-0.15, -0.1) is 11.6 Å². The summed E-state index contributed by atoms with van der Waals surface area (Å²) in [6.45, 7) is 6.54. The molecule has 0 radical (unpaired) electrons. The Hall–Kier alpha value is -0.460. The molecule has 0 heterocycles. The Labute approximate surface area is 108 Å². The van der Waals surface area contributed by atoms with Gasteiger partial charge in [-0.3, -0.25) is 0 Å². The molecule has 0 atom stereocenters. The molecule has 0 spiro atoms. The van der Waals surface area contributed by atoms with Crippen LogP contribution in [-0.4, -0.2) is 5.88 Å². The molecule has 16 heavy (non-hydrogen) atoms. The predicted octanol–water partition coefficient (Wildman–Crippen LogP) is 5.40. The summed E-state index contributed by atoms with van der Waals surface area (Å²) in [6.07, 6.45) is 1.06. The average Bonchev–Trinajstić information content (AvgIpc) is 2.26. The van der Waals surface area contributed by atoms with Crippen molar-refractivity contribution in [1.29, 1.82) is 0 Å². The van der Waals surface area contributed by atoms with Crippen molar-refractivity contribution in [3.8, 4) is 0 Å². The predicted molar refractivity (Wildman–Crippen MR) is 74.2 cm³/mol. The lowest BCUT2D eigenvalue weighted by Gasteiger charge is -2.14. The van der Waals surface area contributed by atoms with E-state index < -0.39 is 0 Å². The monoisotopic (exact) mass is 256 g/mol. The van der Waals surface area contributed by atoms with Crippen LogP contribution in [0.5, 0.6) is 0 Å². The topological polar surface area (TPSA) is 0 Å². The van der Waals surface area contributed by atoms with Gasteiger partial charge in [-0.2, -0.15) is 0 Å². The summed E-state index contributed by atoms with van der Waals surface area (Å²) in [7, 11) is 0. The van der Waals surface area contributed by atoms with Gasteiger partial charge in [0.15, 0.2) is 0 Å². The first kappa shape index (κ1) is 13.6. The van der Waals surface area contributed by atoms with Crippen molar-refractivity contribution in [2.24, 2.45) is 5.92 Å². The molecule has 0 fully saturated rings. The van der Waals surface area contributed by atoms with Gasteiger partial charge in [0.05, 0.1) is 0 Å². The minimum Gasteiger partial charge on any atom is -0.122 e. The maximum absolute atomic E-state index is 5.93. The molecule has 0 saturated carbocycles. The van der Waals surface area contributed by atoms with Crippen LogP contribution >= 0.6 is 23.2 Å². The van der Waals surface area contributed by atoms with E-state index in [2.05, 4.69) is 32.9 Å². The molecule has 0 unspecified atom stereocenters. The lowest BCUT2D eigenvalue weighted by Crippen LogP contribution is -1.96. The van der Waals surface area contributed by atoms with Crippen LogP contribution in [0.1, 0.15) is 32.8 Å². The smallest absolute Gasteiger partial charge is 0.0436 e. The van der Waals surface area contributed by atoms with Gasteiger partial charge >= 0.3 is 0 Å². The van der Waals surface area contributed by atoms with Crippen LogP contribution in [0, 0.1) is 5.92 Å². The van der Waals surface area contributed by atoms with E-state index in [1.165, 1.54) is 16.7 Å². The first-order valence-electron chi connectivity index (χ1n) is 5.55. The third-order valence-electron chi connectivity index (χ3n) is 2.52. The van der Waals surface area contributed by atoms with Crippen molar-refractivity contribution < 1.29 is 0 Å². The molecule has 0 nitrogen and oxygen atoms in total. The molecule has 1 rings (SSSR count). The van der Waals surface area contributed by atoms with E-state index in [-0.39, 0.29) is 0 Å². The fourth-order valence-electron chi connectivity index (χ4n) is 1.68. The van der Waals surface area contributed by atoms with Gasteiger partial charge in [0.25, 0.3) is 0 Å². The standard InChI is InChI=1S/C14H18Cl2/c1-10(2)8-14(11(3)9-15)12-4-6-13(16)7-5-12/h4-7,10H,8-9H2,1-3H3/b14-11-. The van der Waals surface area contributed by atoms with E-state index in [1.807, 2.05) is 12.1 Å². The first-order valence-corrected chi connectivity index (χ1v) is 6.46. The highest BCUT2D eigenvalue weighted by atomic mass is 35.5. The lowest BCUT2D eigenvalue weighted by molar-refractivity contribution is 0.671. The Morgan fingerprint density at radius 2 is 1.75 bits per heavy atom. The van der Waals surface area contributed by atoms with Gasteiger partial charge in [0, 0.05) is 10.9 Å². The molecule has 0 aliphatic carbocycles. The Morgan fingerprint density at radius 1 is 1.19 bits per heavy atom. The molecule has 1 aromatic rings. The zero-order valence-electron chi connectivity index (χ0n) is 10.1. The van der Waals surface area contributed by atoms with Crippen LogP contribution in [0.3, 0.4) is 0 Å². The largest absolute Gasteiger partial charge is 0.122 e. The lowest BCUT2D eigenvalue weighted by atomic mass is 9.93. The fourth-order valence-corrected chi connectivity index (χ4v) is 1.97. The van der Waals surface area contributed by atoms with E-state index in [4.69, 9.17) is 23.2 Å². The second kappa shape index (κ2) is 6.32. The van der Waals surface area contributed by atoms with Crippen LogP contribution in [0.25, 0.3) is 5.57 Å². The maximum atomic E-state index is 5.93. The van der Waals surface area contributed by atoms with Crippen molar-refractivity contribution in [2.75, 3.05) is 5.88 Å². The van der Waals surface area contributed by atoms with Crippen molar-refractivity contribution in [3.63, 3.8) is 0 Å². The number of alkyl halides is 1. The third kappa shape index (κ3) is 3.84. The van der Waals surface area contributed by atoms with Crippen molar-refractivity contribution in [3.05, 3.63) is 40.4 Å². The molecule has 0 N–H and O–H groups in total. The summed E-state index contributed by atoms with van der Waals surface area (Å²) in [5.74, 6) is 1.22. The van der Waals surface area contributed by atoms with Crippen molar-refractivity contribution >= 4 is 28.8 Å². The van der Waals surface area contributed by atoms with Crippen LogP contribution in [-0.2, 0) is 0 Å². The van der Waals surface area contributed by atoms with Gasteiger partial charge in [-0.05, 0) is 42.5 Å². The van der Waals surface area contributed by atoms with Crippen LogP contribution in [0.15, 0.2) is 29.8 Å². The van der Waals surface area contributed by atoms with E-state index in [0.717, 1.165) is 11.4 Å². The Morgan fingerprint density at radius 3 is 2.19 bits per heavy atom. The number of hydrogen-bond acceptors (Lipinski definition) is 0. The first-order chi connectivity index (χ1) is 7.54. The minimum atomic E-state index is 0.588. The van der Waals surface area contributed by atoms with Gasteiger partial charge in [-0.1, -0.05) is 43.2 Å². The highest BCUT2D eigenvalue weighted by Crippen LogP contribution is 2.27. The number of hydrogen-bond donors (Lipinski definition) is 0. The highest BCUT2D eigenvalue weighted by Gasteiger charge is 2.08. The minimum absolute atomic E-state index is 0.588. The number of allylic oxidation sites excluding steroid dienone is 2. The zero-order chi connectivity index (χ0) is 12.1. The molecule has 1 aromatic carbocycles. The fraction of sp³-hybridized carbons (Fsp3) is 0.429. The third-order valence-corrected chi connectivity index (χ3v) is 3.17. The van der Waals surface area contributed by atoms with E-state index in [0.29, 0.717) is 11.8 Å². The molecule has 0 bridgehead atoms. The molecular formula is C14H18Cl2. The zero-order valence-corrected chi connectivity index (χ0v) is 11.6. The summed E-state index contributed by atoms with van der Waals surface area (Å²) in [5, 5.41) is 0.774. The van der Waals surface area contributed by atoms with Crippen molar-refractivity contribution in [1.82, 2.24) is 0 Å². The maximum Gasteiger partial charge on any atom is 0.0436 e. The highest BCUT2D eigenvalue weighted by molar-refractivity contribution is 6.30. The van der Waals surface area contributed by atoms with Crippen molar-refractivity contribution in [2.45, 2.75) is 27.2 Å². The number of rotatable bonds is 4. The van der Waals surface area contributed by atoms with Gasteiger partial charge in [0.1, 0.15) is 0 Å². The van der Waals surface area contributed by atoms with Crippen LogP contribution in [0.4, 0.5) is 0 Å². The van der Waals surface area contributed by atoms with Gasteiger partial charge in [-0.25, -0.2) is 0 Å². The molecule has 0 aromatic heterocycles. The Kier molecular flexibility index (Phi) is 5.37. The molecule has 0 aliphatic rings. The van der Waals surface area contributed by atoms with Crippen LogP contribution < -0.4 is 0 Å². The van der Waals surface area contributed by atoms with Crippen LogP contribution in [0.2, 0.25) is 5.02 Å². The van der Waals surface area contributed by atoms with Gasteiger partial charge < -0.3 is 0 Å². The normalized spacial score (nSPS) is 12.9. The Balaban J connectivity index is 3.06. The van der Waals surface area contributed by atoms with E-state index in [1.54, 1.807) is 0 Å². The summed E-state index contributed by atoms with van der Waals surface area (Å²) < 4.78 is 0. The molecule has 0 saturated heterocycles. The van der Waals surface area contributed by atoms with E-state index >= 15 is 0 Å².